The van der Waals surface area contributed by atoms with Crippen molar-refractivity contribution in [3.05, 3.63) is 36.0 Å². The van der Waals surface area contributed by atoms with E-state index in [0.29, 0.717) is 6.04 Å². The van der Waals surface area contributed by atoms with Gasteiger partial charge in [0.1, 0.15) is 0 Å². The number of rotatable bonds is 8. The predicted molar refractivity (Wildman–Crippen MR) is 91.5 cm³/mol. The van der Waals surface area contributed by atoms with Gasteiger partial charge in [-0.25, -0.2) is 0 Å². The van der Waals surface area contributed by atoms with Gasteiger partial charge in [-0.1, -0.05) is 39.0 Å². The van der Waals surface area contributed by atoms with Crippen molar-refractivity contribution in [2.24, 2.45) is 0 Å². The van der Waals surface area contributed by atoms with Crippen LogP contribution in [0.15, 0.2) is 30.5 Å². The van der Waals surface area contributed by atoms with Crippen molar-refractivity contribution < 1.29 is 0 Å². The van der Waals surface area contributed by atoms with Crippen molar-refractivity contribution in [3.63, 3.8) is 0 Å². The van der Waals surface area contributed by atoms with E-state index in [4.69, 9.17) is 0 Å². The normalized spacial score (nSPS) is 11.6. The van der Waals surface area contributed by atoms with Gasteiger partial charge < -0.3 is 9.88 Å². The van der Waals surface area contributed by atoms with Crippen LogP contribution in [-0.4, -0.2) is 22.1 Å². The minimum atomic E-state index is 0.526. The van der Waals surface area contributed by atoms with Crippen molar-refractivity contribution >= 4 is 22.7 Å². The minimum absolute atomic E-state index is 0.526. The standard InChI is InChI=1S/C17H26N2S/c1-4-20-11-7-10-19-13-15(12-18-14(2)3)16-8-5-6-9-17(16)19/h5-6,8-9,13-14,18H,4,7,10-12H2,1-3H3. The SMILES string of the molecule is CCSCCCn1cc(CNC(C)C)c2ccccc21. The smallest absolute Gasteiger partial charge is 0.0483 e. The first-order chi connectivity index (χ1) is 9.72. The molecule has 1 N–H and O–H groups in total. The molecule has 1 aromatic carbocycles. The third kappa shape index (κ3) is 4.03. The number of para-hydroxylation sites is 1. The van der Waals surface area contributed by atoms with E-state index in [-0.39, 0.29) is 0 Å². The first-order valence-electron chi connectivity index (χ1n) is 7.60. The number of hydrogen-bond acceptors (Lipinski definition) is 2. The van der Waals surface area contributed by atoms with Crippen LogP contribution in [0.2, 0.25) is 0 Å². The first kappa shape index (κ1) is 15.5. The van der Waals surface area contributed by atoms with E-state index in [0.717, 1.165) is 13.1 Å². The summed E-state index contributed by atoms with van der Waals surface area (Å²) in [6, 6.07) is 9.28. The van der Waals surface area contributed by atoms with E-state index in [2.05, 4.69) is 61.1 Å². The molecule has 0 aliphatic heterocycles. The summed E-state index contributed by atoms with van der Waals surface area (Å²) in [4.78, 5) is 0. The zero-order valence-corrected chi connectivity index (χ0v) is 13.7. The molecular formula is C17H26N2S. The minimum Gasteiger partial charge on any atom is -0.347 e. The third-order valence-corrected chi connectivity index (χ3v) is 4.45. The lowest BCUT2D eigenvalue weighted by molar-refractivity contribution is 0.588. The van der Waals surface area contributed by atoms with Crippen molar-refractivity contribution in [1.29, 1.82) is 0 Å². The van der Waals surface area contributed by atoms with Gasteiger partial charge in [-0.05, 0) is 29.6 Å². The second kappa shape index (κ2) is 7.75. The molecule has 2 aromatic rings. The van der Waals surface area contributed by atoms with Crippen LogP contribution in [0.3, 0.4) is 0 Å². The molecule has 0 radical (unpaired) electrons. The average molecular weight is 290 g/mol. The van der Waals surface area contributed by atoms with E-state index in [9.17, 15) is 0 Å². The zero-order valence-electron chi connectivity index (χ0n) is 12.9. The Morgan fingerprint density at radius 1 is 1.25 bits per heavy atom. The number of aryl methyl sites for hydroxylation is 1. The van der Waals surface area contributed by atoms with Crippen LogP contribution < -0.4 is 5.32 Å². The molecule has 0 fully saturated rings. The highest BCUT2D eigenvalue weighted by atomic mass is 32.2. The van der Waals surface area contributed by atoms with Crippen LogP contribution in [0.1, 0.15) is 32.8 Å². The highest BCUT2D eigenvalue weighted by Gasteiger charge is 2.08. The number of fused-ring (bicyclic) bond motifs is 1. The van der Waals surface area contributed by atoms with Crippen LogP contribution >= 0.6 is 11.8 Å². The largest absolute Gasteiger partial charge is 0.347 e. The fourth-order valence-electron chi connectivity index (χ4n) is 2.44. The molecule has 2 nitrogen and oxygen atoms in total. The molecule has 0 atom stereocenters. The molecule has 0 spiro atoms. The highest BCUT2D eigenvalue weighted by molar-refractivity contribution is 7.99. The third-order valence-electron chi connectivity index (χ3n) is 3.46. The van der Waals surface area contributed by atoms with Crippen molar-refractivity contribution in [2.45, 2.75) is 46.3 Å². The molecule has 2 rings (SSSR count). The zero-order chi connectivity index (χ0) is 14.4. The van der Waals surface area contributed by atoms with Crippen LogP contribution in [0.25, 0.3) is 10.9 Å². The van der Waals surface area contributed by atoms with Gasteiger partial charge in [0.25, 0.3) is 0 Å². The van der Waals surface area contributed by atoms with Crippen LogP contribution in [0.5, 0.6) is 0 Å². The lowest BCUT2D eigenvalue weighted by Crippen LogP contribution is -2.21. The highest BCUT2D eigenvalue weighted by Crippen LogP contribution is 2.22. The molecule has 1 heterocycles. The van der Waals surface area contributed by atoms with Crippen molar-refractivity contribution in [1.82, 2.24) is 9.88 Å². The van der Waals surface area contributed by atoms with Crippen molar-refractivity contribution in [3.8, 4) is 0 Å². The van der Waals surface area contributed by atoms with Gasteiger partial charge in [-0.15, -0.1) is 0 Å². The molecular weight excluding hydrogens is 264 g/mol. The second-order valence-corrected chi connectivity index (χ2v) is 6.84. The van der Waals surface area contributed by atoms with Gasteiger partial charge >= 0.3 is 0 Å². The molecule has 0 saturated carbocycles. The number of thioether (sulfide) groups is 1. The molecule has 3 heteroatoms. The average Bonchev–Trinajstić information content (AvgIpc) is 2.80. The van der Waals surface area contributed by atoms with E-state index in [1.807, 2.05) is 11.8 Å². The molecule has 0 aliphatic rings. The summed E-state index contributed by atoms with van der Waals surface area (Å²) in [7, 11) is 0. The Bertz CT molecular complexity index is 531. The Labute approximate surface area is 126 Å². The molecule has 0 aliphatic carbocycles. The number of nitrogens with one attached hydrogen (secondary N) is 1. The van der Waals surface area contributed by atoms with Gasteiger partial charge in [-0.3, -0.25) is 0 Å². The van der Waals surface area contributed by atoms with E-state index in [1.165, 1.54) is 34.4 Å². The van der Waals surface area contributed by atoms with Crippen LogP contribution in [-0.2, 0) is 13.1 Å². The van der Waals surface area contributed by atoms with Gasteiger partial charge in [0.2, 0.25) is 0 Å². The Morgan fingerprint density at radius 2 is 2.05 bits per heavy atom. The van der Waals surface area contributed by atoms with Crippen LogP contribution in [0, 0.1) is 0 Å². The molecule has 1 aromatic heterocycles. The number of hydrogen-bond donors (Lipinski definition) is 1. The van der Waals surface area contributed by atoms with Gasteiger partial charge in [0.15, 0.2) is 0 Å². The lowest BCUT2D eigenvalue weighted by atomic mass is 10.2. The van der Waals surface area contributed by atoms with Gasteiger partial charge in [-0.2, -0.15) is 11.8 Å². The maximum Gasteiger partial charge on any atom is 0.0483 e. The summed E-state index contributed by atoms with van der Waals surface area (Å²) in [5, 5.41) is 4.92. The summed E-state index contributed by atoms with van der Waals surface area (Å²) in [6.45, 7) is 8.69. The van der Waals surface area contributed by atoms with Gasteiger partial charge in [0.05, 0.1) is 0 Å². The molecule has 110 valence electrons. The monoisotopic (exact) mass is 290 g/mol. The molecule has 20 heavy (non-hydrogen) atoms. The summed E-state index contributed by atoms with van der Waals surface area (Å²) in [6.07, 6.45) is 3.57. The topological polar surface area (TPSA) is 17.0 Å². The summed E-state index contributed by atoms with van der Waals surface area (Å²) < 4.78 is 2.42. The van der Waals surface area contributed by atoms with Gasteiger partial charge in [0, 0.05) is 36.2 Å². The summed E-state index contributed by atoms with van der Waals surface area (Å²) in [5.41, 5.74) is 2.78. The molecule has 0 unspecified atom stereocenters. The first-order valence-corrected chi connectivity index (χ1v) is 8.75. The molecule has 0 saturated heterocycles. The summed E-state index contributed by atoms with van der Waals surface area (Å²) >= 11 is 2.03. The summed E-state index contributed by atoms with van der Waals surface area (Å²) in [5.74, 6) is 2.47. The molecule has 0 amide bonds. The fourth-order valence-corrected chi connectivity index (χ4v) is 3.07. The number of nitrogens with zero attached hydrogens (tertiary/aromatic N) is 1. The molecule has 0 bridgehead atoms. The van der Waals surface area contributed by atoms with E-state index < -0.39 is 0 Å². The number of aromatic nitrogens is 1. The predicted octanol–water partition coefficient (Wildman–Crippen LogP) is 4.28. The maximum atomic E-state index is 3.53. The van der Waals surface area contributed by atoms with Crippen LogP contribution in [0.4, 0.5) is 0 Å². The lowest BCUT2D eigenvalue weighted by Gasteiger charge is -2.06. The Balaban J connectivity index is 2.13. The quantitative estimate of drug-likeness (QED) is 0.731. The van der Waals surface area contributed by atoms with Crippen molar-refractivity contribution in [2.75, 3.05) is 11.5 Å². The Morgan fingerprint density at radius 3 is 2.80 bits per heavy atom. The number of benzene rings is 1. The Kier molecular flexibility index (Phi) is 5.99. The maximum absolute atomic E-state index is 3.53. The fraction of sp³-hybridized carbons (Fsp3) is 0.529. The van der Waals surface area contributed by atoms with E-state index in [1.54, 1.807) is 0 Å². The Hall–Kier alpha value is -0.930. The van der Waals surface area contributed by atoms with E-state index >= 15 is 0 Å². The second-order valence-electron chi connectivity index (χ2n) is 5.45.